The van der Waals surface area contributed by atoms with Crippen molar-refractivity contribution in [3.63, 3.8) is 0 Å². The van der Waals surface area contributed by atoms with E-state index in [2.05, 4.69) is 15.4 Å². The summed E-state index contributed by atoms with van der Waals surface area (Å²) in [4.78, 5) is 23.5. The fourth-order valence-corrected chi connectivity index (χ4v) is 2.15. The number of methoxy groups -OCH3 is 1. The van der Waals surface area contributed by atoms with Gasteiger partial charge in [-0.2, -0.15) is 5.26 Å². The van der Waals surface area contributed by atoms with Crippen LogP contribution >= 0.6 is 0 Å². The normalized spacial score (nSPS) is 9.71. The average Bonchev–Trinajstić information content (AvgIpc) is 2.60. The van der Waals surface area contributed by atoms with Crippen LogP contribution in [0.15, 0.2) is 42.5 Å². The van der Waals surface area contributed by atoms with Crippen molar-refractivity contribution in [3.05, 3.63) is 59.2 Å². The number of carbonyl (C=O) groups excluding carboxylic acids is 2. The minimum absolute atomic E-state index is 0.0647. The van der Waals surface area contributed by atoms with Crippen LogP contribution in [-0.2, 0) is 9.53 Å². The summed E-state index contributed by atoms with van der Waals surface area (Å²) in [5.74, 6) is -0.638. The number of nitrogens with zero attached hydrogens (tertiary/aromatic N) is 1. The van der Waals surface area contributed by atoms with Crippen molar-refractivity contribution in [2.24, 2.45) is 0 Å². The van der Waals surface area contributed by atoms with Crippen molar-refractivity contribution in [3.8, 4) is 6.07 Å². The van der Waals surface area contributed by atoms with Crippen LogP contribution in [0.4, 0.5) is 11.4 Å². The highest BCUT2D eigenvalue weighted by atomic mass is 16.5. The predicted molar refractivity (Wildman–Crippen MR) is 90.8 cm³/mol. The summed E-state index contributed by atoms with van der Waals surface area (Å²) in [5, 5.41) is 14.6. The first-order valence-corrected chi connectivity index (χ1v) is 7.26. The second-order valence-corrected chi connectivity index (χ2v) is 5.12. The first-order chi connectivity index (χ1) is 11.5. The lowest BCUT2D eigenvalue weighted by atomic mass is 10.1. The number of nitrogens with one attached hydrogen (secondary N) is 2. The molecule has 0 aliphatic carbocycles. The van der Waals surface area contributed by atoms with E-state index >= 15 is 0 Å². The largest absolute Gasteiger partial charge is 0.465 e. The molecule has 0 aliphatic heterocycles. The molecular formula is C18H17N3O3. The maximum atomic E-state index is 12.0. The molecule has 24 heavy (non-hydrogen) atoms. The maximum absolute atomic E-state index is 12.0. The highest BCUT2D eigenvalue weighted by molar-refractivity contribution is 5.94. The minimum atomic E-state index is -0.403. The van der Waals surface area contributed by atoms with E-state index in [9.17, 15) is 9.59 Å². The molecule has 2 aromatic carbocycles. The van der Waals surface area contributed by atoms with Gasteiger partial charge >= 0.3 is 5.97 Å². The number of hydrogen-bond acceptors (Lipinski definition) is 5. The van der Waals surface area contributed by atoms with Crippen molar-refractivity contribution < 1.29 is 14.3 Å². The number of amides is 1. The number of carbonyl (C=O) groups is 2. The van der Waals surface area contributed by atoms with E-state index in [4.69, 9.17) is 5.26 Å². The van der Waals surface area contributed by atoms with Gasteiger partial charge in [-0.05, 0) is 48.9 Å². The molecule has 0 aliphatic rings. The summed E-state index contributed by atoms with van der Waals surface area (Å²) in [5.41, 5.74) is 3.09. The third kappa shape index (κ3) is 4.34. The van der Waals surface area contributed by atoms with Gasteiger partial charge in [0.15, 0.2) is 0 Å². The van der Waals surface area contributed by atoms with Gasteiger partial charge < -0.3 is 15.4 Å². The molecule has 0 saturated heterocycles. The van der Waals surface area contributed by atoms with Gasteiger partial charge in [0.05, 0.1) is 30.9 Å². The molecular weight excluding hydrogens is 306 g/mol. The fraction of sp³-hybridized carbons (Fsp3) is 0.167. The van der Waals surface area contributed by atoms with Crippen molar-refractivity contribution in [2.45, 2.75) is 6.92 Å². The Bertz CT molecular complexity index is 809. The molecule has 122 valence electrons. The van der Waals surface area contributed by atoms with E-state index in [0.717, 1.165) is 11.3 Å². The van der Waals surface area contributed by atoms with E-state index in [1.807, 2.05) is 13.0 Å². The number of nitriles is 1. The minimum Gasteiger partial charge on any atom is -0.465 e. The van der Waals surface area contributed by atoms with Crippen LogP contribution in [0.2, 0.25) is 0 Å². The number of aryl methyl sites for hydroxylation is 1. The van der Waals surface area contributed by atoms with Gasteiger partial charge in [0, 0.05) is 11.4 Å². The highest BCUT2D eigenvalue weighted by Gasteiger charge is 2.09. The maximum Gasteiger partial charge on any atom is 0.337 e. The van der Waals surface area contributed by atoms with Gasteiger partial charge in [-0.25, -0.2) is 4.79 Å². The molecule has 0 heterocycles. The predicted octanol–water partition coefficient (Wildman–Crippen LogP) is 2.70. The Morgan fingerprint density at radius 1 is 1.21 bits per heavy atom. The average molecular weight is 323 g/mol. The van der Waals surface area contributed by atoms with Gasteiger partial charge in [0.25, 0.3) is 0 Å². The van der Waals surface area contributed by atoms with Crippen LogP contribution in [0.3, 0.4) is 0 Å². The lowest BCUT2D eigenvalue weighted by Gasteiger charge is -2.11. The smallest absolute Gasteiger partial charge is 0.337 e. The molecule has 0 fully saturated rings. The molecule has 6 nitrogen and oxygen atoms in total. The van der Waals surface area contributed by atoms with Crippen LogP contribution < -0.4 is 10.6 Å². The second kappa shape index (κ2) is 7.79. The third-order valence-electron chi connectivity index (χ3n) is 3.36. The summed E-state index contributed by atoms with van der Waals surface area (Å²) < 4.78 is 4.67. The molecule has 0 saturated carbocycles. The number of anilines is 2. The molecule has 2 aromatic rings. The first kappa shape index (κ1) is 17.0. The Hall–Kier alpha value is -3.33. The van der Waals surface area contributed by atoms with Crippen molar-refractivity contribution in [1.29, 1.82) is 5.26 Å². The van der Waals surface area contributed by atoms with Crippen LogP contribution in [0, 0.1) is 18.3 Å². The lowest BCUT2D eigenvalue weighted by Crippen LogP contribution is -2.22. The first-order valence-electron chi connectivity index (χ1n) is 7.26. The lowest BCUT2D eigenvalue weighted by molar-refractivity contribution is -0.114. The topological polar surface area (TPSA) is 91.2 Å². The van der Waals surface area contributed by atoms with E-state index in [0.29, 0.717) is 16.8 Å². The van der Waals surface area contributed by atoms with Gasteiger partial charge in [-0.15, -0.1) is 0 Å². The monoisotopic (exact) mass is 323 g/mol. The van der Waals surface area contributed by atoms with E-state index < -0.39 is 5.97 Å². The third-order valence-corrected chi connectivity index (χ3v) is 3.36. The Balaban J connectivity index is 1.96. The Morgan fingerprint density at radius 2 is 2.00 bits per heavy atom. The second-order valence-electron chi connectivity index (χ2n) is 5.12. The number of esters is 1. The zero-order valence-electron chi connectivity index (χ0n) is 13.4. The quantitative estimate of drug-likeness (QED) is 0.826. The van der Waals surface area contributed by atoms with Crippen molar-refractivity contribution >= 4 is 23.3 Å². The van der Waals surface area contributed by atoms with E-state index in [1.165, 1.54) is 7.11 Å². The summed E-state index contributed by atoms with van der Waals surface area (Å²) in [6.45, 7) is 1.90. The zero-order chi connectivity index (χ0) is 17.5. The summed E-state index contributed by atoms with van der Waals surface area (Å²) in [7, 11) is 1.33. The van der Waals surface area contributed by atoms with Crippen LogP contribution in [-0.4, -0.2) is 25.5 Å². The number of hydrogen-bond donors (Lipinski definition) is 2. The van der Waals surface area contributed by atoms with Gasteiger partial charge in [0.1, 0.15) is 0 Å². The Morgan fingerprint density at radius 3 is 2.67 bits per heavy atom. The standard InChI is InChI=1S/C18H17N3O3/c1-12-8-14(18(23)24-2)6-7-16(12)20-11-17(22)21-15-5-3-4-13(9-15)10-19/h3-9,20H,11H2,1-2H3,(H,21,22). The summed E-state index contributed by atoms with van der Waals surface area (Å²) in [6, 6.07) is 13.8. The molecule has 0 atom stereocenters. The van der Waals surface area contributed by atoms with E-state index in [-0.39, 0.29) is 12.5 Å². The van der Waals surface area contributed by atoms with Crippen molar-refractivity contribution in [1.82, 2.24) is 0 Å². The molecule has 0 bridgehead atoms. The summed E-state index contributed by atoms with van der Waals surface area (Å²) >= 11 is 0. The summed E-state index contributed by atoms with van der Waals surface area (Å²) in [6.07, 6.45) is 0. The molecule has 1 amide bonds. The molecule has 0 radical (unpaired) electrons. The zero-order valence-corrected chi connectivity index (χ0v) is 13.4. The molecule has 0 spiro atoms. The van der Waals surface area contributed by atoms with Gasteiger partial charge in [-0.1, -0.05) is 6.07 Å². The highest BCUT2D eigenvalue weighted by Crippen LogP contribution is 2.17. The molecule has 0 aromatic heterocycles. The van der Waals surface area contributed by atoms with Crippen LogP contribution in [0.5, 0.6) is 0 Å². The van der Waals surface area contributed by atoms with Crippen molar-refractivity contribution in [2.75, 3.05) is 24.3 Å². The van der Waals surface area contributed by atoms with Crippen LogP contribution in [0.1, 0.15) is 21.5 Å². The number of rotatable bonds is 5. The van der Waals surface area contributed by atoms with Crippen LogP contribution in [0.25, 0.3) is 0 Å². The van der Waals surface area contributed by atoms with Gasteiger partial charge in [-0.3, -0.25) is 4.79 Å². The Kier molecular flexibility index (Phi) is 5.53. The fourth-order valence-electron chi connectivity index (χ4n) is 2.15. The SMILES string of the molecule is COC(=O)c1ccc(NCC(=O)Nc2cccc(C#N)c2)c(C)c1. The molecule has 2 N–H and O–H groups in total. The number of ether oxygens (including phenoxy) is 1. The molecule has 6 heteroatoms. The van der Waals surface area contributed by atoms with Gasteiger partial charge in [0.2, 0.25) is 5.91 Å². The number of benzene rings is 2. The molecule has 0 unspecified atom stereocenters. The Labute approximate surface area is 140 Å². The van der Waals surface area contributed by atoms with E-state index in [1.54, 1.807) is 42.5 Å². The molecule has 2 rings (SSSR count).